The number of hydrogen-bond donors (Lipinski definition) is 1. The molecule has 1 N–H and O–H groups in total. The number of carbonyl (C=O) groups excluding carboxylic acids is 2. The van der Waals surface area contributed by atoms with E-state index in [1.807, 2.05) is 60.9 Å². The van der Waals surface area contributed by atoms with E-state index < -0.39 is 5.91 Å². The summed E-state index contributed by atoms with van der Waals surface area (Å²) in [6.45, 7) is 5.95. The molecule has 0 aliphatic heterocycles. The standard InChI is InChI=1S/C25H23N3O3/c1-4-31-25(30)19-10-12-23(13-11-19)28-17(2)14-20(18(28)3)15-21(16-26)24(29)27-22-8-6-5-7-9-22/h5-15H,4H2,1-3H3,(H,27,29). The molecule has 0 radical (unpaired) electrons. The molecule has 0 saturated heterocycles. The Labute approximate surface area is 181 Å². The van der Waals surface area contributed by atoms with Crippen molar-refractivity contribution in [3.8, 4) is 11.8 Å². The molecule has 0 saturated carbocycles. The van der Waals surface area contributed by atoms with Crippen LogP contribution in [0.3, 0.4) is 0 Å². The van der Waals surface area contributed by atoms with Crippen LogP contribution in [0.2, 0.25) is 0 Å². The maximum Gasteiger partial charge on any atom is 0.338 e. The molecule has 156 valence electrons. The Morgan fingerprint density at radius 1 is 1.10 bits per heavy atom. The van der Waals surface area contributed by atoms with E-state index in [1.165, 1.54) is 0 Å². The van der Waals surface area contributed by atoms with Gasteiger partial charge in [0.1, 0.15) is 11.6 Å². The lowest BCUT2D eigenvalue weighted by molar-refractivity contribution is -0.112. The van der Waals surface area contributed by atoms with E-state index in [4.69, 9.17) is 4.74 Å². The van der Waals surface area contributed by atoms with Crippen LogP contribution >= 0.6 is 0 Å². The largest absolute Gasteiger partial charge is 0.462 e. The first-order chi connectivity index (χ1) is 14.9. The summed E-state index contributed by atoms with van der Waals surface area (Å²) in [7, 11) is 0. The molecule has 0 aliphatic carbocycles. The number of anilines is 1. The summed E-state index contributed by atoms with van der Waals surface area (Å²) in [5.41, 5.74) is 4.58. The second-order valence-corrected chi connectivity index (χ2v) is 6.92. The Morgan fingerprint density at radius 3 is 2.39 bits per heavy atom. The summed E-state index contributed by atoms with van der Waals surface area (Å²) in [5.74, 6) is -0.820. The van der Waals surface area contributed by atoms with Gasteiger partial charge in [0, 0.05) is 22.8 Å². The van der Waals surface area contributed by atoms with Gasteiger partial charge < -0.3 is 14.6 Å². The number of nitrogens with zero attached hydrogens (tertiary/aromatic N) is 2. The molecule has 0 unspecified atom stereocenters. The fourth-order valence-electron chi connectivity index (χ4n) is 3.32. The number of nitriles is 1. The topological polar surface area (TPSA) is 84.1 Å². The number of aryl methyl sites for hydroxylation is 1. The van der Waals surface area contributed by atoms with Crippen LogP contribution in [-0.2, 0) is 9.53 Å². The third kappa shape index (κ3) is 4.90. The van der Waals surface area contributed by atoms with Crippen LogP contribution < -0.4 is 5.32 Å². The van der Waals surface area contributed by atoms with Crippen molar-refractivity contribution in [1.82, 2.24) is 4.57 Å². The van der Waals surface area contributed by atoms with Gasteiger partial charge in [-0.05, 0) is 74.9 Å². The highest BCUT2D eigenvalue weighted by molar-refractivity contribution is 6.09. The molecule has 31 heavy (non-hydrogen) atoms. The summed E-state index contributed by atoms with van der Waals surface area (Å²) in [5, 5.41) is 12.2. The predicted octanol–water partition coefficient (Wildman–Crippen LogP) is 4.82. The molecule has 3 rings (SSSR count). The van der Waals surface area contributed by atoms with Crippen molar-refractivity contribution in [2.45, 2.75) is 20.8 Å². The average Bonchev–Trinajstić information content (AvgIpc) is 3.05. The molecule has 6 nitrogen and oxygen atoms in total. The molecule has 3 aromatic rings. The zero-order valence-corrected chi connectivity index (χ0v) is 17.7. The predicted molar refractivity (Wildman–Crippen MR) is 120 cm³/mol. The highest BCUT2D eigenvalue weighted by atomic mass is 16.5. The van der Waals surface area contributed by atoms with E-state index in [0.717, 1.165) is 22.6 Å². The summed E-state index contributed by atoms with van der Waals surface area (Å²) in [4.78, 5) is 24.4. The second kappa shape index (κ2) is 9.59. The third-order valence-corrected chi connectivity index (χ3v) is 4.80. The van der Waals surface area contributed by atoms with Crippen LogP contribution in [0.5, 0.6) is 0 Å². The van der Waals surface area contributed by atoms with Gasteiger partial charge in [0.2, 0.25) is 0 Å². The molecule has 1 aromatic heterocycles. The van der Waals surface area contributed by atoms with E-state index in [0.29, 0.717) is 17.9 Å². The van der Waals surface area contributed by atoms with Crippen molar-refractivity contribution in [3.63, 3.8) is 0 Å². The second-order valence-electron chi connectivity index (χ2n) is 6.92. The number of aromatic nitrogens is 1. The van der Waals surface area contributed by atoms with Crippen molar-refractivity contribution < 1.29 is 14.3 Å². The number of ether oxygens (including phenoxy) is 1. The number of nitrogens with one attached hydrogen (secondary N) is 1. The van der Waals surface area contributed by atoms with Crippen molar-refractivity contribution in [2.75, 3.05) is 11.9 Å². The fraction of sp³-hybridized carbons (Fsp3) is 0.160. The van der Waals surface area contributed by atoms with Crippen molar-refractivity contribution in [2.24, 2.45) is 0 Å². The molecular formula is C25H23N3O3. The Bertz CT molecular complexity index is 1170. The zero-order valence-electron chi connectivity index (χ0n) is 17.7. The van der Waals surface area contributed by atoms with Gasteiger partial charge in [0.25, 0.3) is 5.91 Å². The molecule has 2 aromatic carbocycles. The summed E-state index contributed by atoms with van der Waals surface area (Å²) in [6.07, 6.45) is 1.59. The quantitative estimate of drug-likeness (QED) is 0.357. The van der Waals surface area contributed by atoms with Crippen LogP contribution in [0, 0.1) is 25.2 Å². The number of rotatable bonds is 6. The van der Waals surface area contributed by atoms with Crippen LogP contribution in [0.1, 0.15) is 34.2 Å². The van der Waals surface area contributed by atoms with Gasteiger partial charge >= 0.3 is 5.97 Å². The molecule has 1 heterocycles. The molecule has 0 atom stereocenters. The lowest BCUT2D eigenvalue weighted by Gasteiger charge is -2.10. The normalized spacial score (nSPS) is 11.0. The Balaban J connectivity index is 1.89. The first-order valence-corrected chi connectivity index (χ1v) is 9.89. The molecule has 0 aliphatic rings. The van der Waals surface area contributed by atoms with Gasteiger partial charge in [-0.25, -0.2) is 4.79 Å². The van der Waals surface area contributed by atoms with Gasteiger partial charge in [-0.2, -0.15) is 5.26 Å². The van der Waals surface area contributed by atoms with Crippen molar-refractivity contribution in [3.05, 3.63) is 88.8 Å². The van der Waals surface area contributed by atoms with E-state index in [-0.39, 0.29) is 11.5 Å². The van der Waals surface area contributed by atoms with E-state index in [9.17, 15) is 14.9 Å². The van der Waals surface area contributed by atoms with Gasteiger partial charge in [-0.3, -0.25) is 4.79 Å². The number of para-hydroxylation sites is 1. The van der Waals surface area contributed by atoms with Gasteiger partial charge in [0.05, 0.1) is 12.2 Å². The van der Waals surface area contributed by atoms with Gasteiger partial charge in [-0.1, -0.05) is 18.2 Å². The Kier molecular flexibility index (Phi) is 6.68. The van der Waals surface area contributed by atoms with Crippen molar-refractivity contribution in [1.29, 1.82) is 5.26 Å². The molecule has 0 spiro atoms. The van der Waals surface area contributed by atoms with E-state index in [1.54, 1.807) is 37.3 Å². The lowest BCUT2D eigenvalue weighted by atomic mass is 10.1. The Morgan fingerprint density at radius 2 is 1.77 bits per heavy atom. The third-order valence-electron chi connectivity index (χ3n) is 4.80. The first-order valence-electron chi connectivity index (χ1n) is 9.89. The van der Waals surface area contributed by atoms with Crippen LogP contribution in [0.25, 0.3) is 11.8 Å². The van der Waals surface area contributed by atoms with Crippen molar-refractivity contribution >= 4 is 23.6 Å². The van der Waals surface area contributed by atoms with Gasteiger partial charge in [0.15, 0.2) is 0 Å². The van der Waals surface area contributed by atoms with Crippen LogP contribution in [0.4, 0.5) is 5.69 Å². The first kappa shape index (κ1) is 21.6. The highest BCUT2D eigenvalue weighted by Gasteiger charge is 2.14. The minimum atomic E-state index is -0.461. The zero-order chi connectivity index (χ0) is 22.4. The molecule has 6 heteroatoms. The number of amides is 1. The Hall–Kier alpha value is -4.11. The average molecular weight is 413 g/mol. The number of benzene rings is 2. The number of carbonyl (C=O) groups is 2. The molecule has 0 fully saturated rings. The maximum absolute atomic E-state index is 12.5. The molecule has 0 bridgehead atoms. The molecular weight excluding hydrogens is 390 g/mol. The highest BCUT2D eigenvalue weighted by Crippen LogP contribution is 2.23. The minimum Gasteiger partial charge on any atom is -0.462 e. The smallest absolute Gasteiger partial charge is 0.338 e. The monoisotopic (exact) mass is 413 g/mol. The number of hydrogen-bond acceptors (Lipinski definition) is 4. The molecule has 1 amide bonds. The SMILES string of the molecule is CCOC(=O)c1ccc(-n2c(C)cc(C=C(C#N)C(=O)Nc3ccccc3)c2C)cc1. The van der Waals surface area contributed by atoms with Crippen LogP contribution in [-0.4, -0.2) is 23.1 Å². The number of esters is 1. The summed E-state index contributed by atoms with van der Waals surface area (Å²) in [6, 6.07) is 20.0. The summed E-state index contributed by atoms with van der Waals surface area (Å²) < 4.78 is 7.03. The minimum absolute atomic E-state index is 0.0155. The summed E-state index contributed by atoms with van der Waals surface area (Å²) >= 11 is 0. The van der Waals surface area contributed by atoms with E-state index >= 15 is 0 Å². The lowest BCUT2D eigenvalue weighted by Crippen LogP contribution is -2.13. The van der Waals surface area contributed by atoms with Gasteiger partial charge in [-0.15, -0.1) is 0 Å². The maximum atomic E-state index is 12.5. The van der Waals surface area contributed by atoms with E-state index in [2.05, 4.69) is 5.32 Å². The fourth-order valence-corrected chi connectivity index (χ4v) is 3.32. The van der Waals surface area contributed by atoms with Crippen LogP contribution in [0.15, 0.2) is 66.2 Å².